The number of alkyl halides is 3. The van der Waals surface area contributed by atoms with E-state index in [1.807, 2.05) is 0 Å². The zero-order valence-electron chi connectivity index (χ0n) is 17.1. The summed E-state index contributed by atoms with van der Waals surface area (Å²) in [5.41, 5.74) is -3.84. The number of fused-ring (bicyclic) bond motifs is 5. The van der Waals surface area contributed by atoms with Crippen LogP contribution in [-0.4, -0.2) is 34.4 Å². The molecule has 0 saturated heterocycles. The molecule has 4 unspecified atom stereocenters. The first-order valence-corrected chi connectivity index (χ1v) is 10.8. The molecular formula is C22H33F3O3. The topological polar surface area (TPSA) is 57.5 Å². The van der Waals surface area contributed by atoms with Crippen molar-refractivity contribution in [1.29, 1.82) is 0 Å². The standard InChI is InChI=1S/C22H33F3O3/c1-12-8-14-9-17(27)13(11-26)10-19(14,2)15-4-6-20(3)16(18(12)15)5-7-21(20,28)22(23,24)25/h12-16,18,26,28H,4-11H2,1-3H3/t12-,13?,14-,15?,16?,18?,19+,20+,21+/m1/s1. The minimum atomic E-state index is -4.60. The third-order valence-electron chi connectivity index (χ3n) is 9.86. The predicted molar refractivity (Wildman–Crippen MR) is 98.2 cm³/mol. The van der Waals surface area contributed by atoms with Crippen molar-refractivity contribution in [3.63, 3.8) is 0 Å². The summed E-state index contributed by atoms with van der Waals surface area (Å²) in [4.78, 5) is 12.4. The maximum Gasteiger partial charge on any atom is 0.417 e. The van der Waals surface area contributed by atoms with Crippen LogP contribution >= 0.6 is 0 Å². The van der Waals surface area contributed by atoms with Crippen molar-refractivity contribution in [2.45, 2.75) is 77.5 Å². The van der Waals surface area contributed by atoms with Crippen molar-refractivity contribution in [2.75, 3.05) is 6.61 Å². The Kier molecular flexibility index (Phi) is 4.57. The van der Waals surface area contributed by atoms with Crippen LogP contribution in [0.5, 0.6) is 0 Å². The van der Waals surface area contributed by atoms with Crippen LogP contribution < -0.4 is 0 Å². The molecule has 9 atom stereocenters. The molecule has 3 nitrogen and oxygen atoms in total. The van der Waals surface area contributed by atoms with E-state index in [0.717, 1.165) is 6.42 Å². The Balaban J connectivity index is 1.70. The zero-order valence-corrected chi connectivity index (χ0v) is 17.1. The van der Waals surface area contributed by atoms with Gasteiger partial charge in [0.05, 0.1) is 6.61 Å². The molecule has 0 heterocycles. The Morgan fingerprint density at radius 3 is 2.39 bits per heavy atom. The van der Waals surface area contributed by atoms with Gasteiger partial charge in [0.1, 0.15) is 5.78 Å². The van der Waals surface area contributed by atoms with Crippen molar-refractivity contribution in [3.05, 3.63) is 0 Å². The lowest BCUT2D eigenvalue weighted by molar-refractivity contribution is -0.305. The first-order valence-electron chi connectivity index (χ1n) is 10.8. The summed E-state index contributed by atoms with van der Waals surface area (Å²) < 4.78 is 41.6. The van der Waals surface area contributed by atoms with Crippen LogP contribution in [0.2, 0.25) is 0 Å². The van der Waals surface area contributed by atoms with E-state index in [4.69, 9.17) is 0 Å². The highest BCUT2D eigenvalue weighted by Gasteiger charge is 2.73. The molecule has 0 aromatic rings. The number of hydrogen-bond acceptors (Lipinski definition) is 3. The van der Waals surface area contributed by atoms with Gasteiger partial charge in [-0.15, -0.1) is 0 Å². The van der Waals surface area contributed by atoms with Crippen LogP contribution in [-0.2, 0) is 4.79 Å². The van der Waals surface area contributed by atoms with Crippen LogP contribution in [0.4, 0.5) is 13.2 Å². The van der Waals surface area contributed by atoms with Crippen molar-refractivity contribution >= 4 is 5.78 Å². The lowest BCUT2D eigenvalue weighted by Gasteiger charge is -2.63. The molecule has 0 aromatic carbocycles. The van der Waals surface area contributed by atoms with E-state index in [9.17, 15) is 28.2 Å². The average molecular weight is 402 g/mol. The van der Waals surface area contributed by atoms with E-state index < -0.39 is 17.2 Å². The number of aliphatic hydroxyl groups excluding tert-OH is 1. The maximum atomic E-state index is 13.9. The smallest absolute Gasteiger partial charge is 0.396 e. The molecule has 28 heavy (non-hydrogen) atoms. The highest BCUT2D eigenvalue weighted by molar-refractivity contribution is 5.82. The van der Waals surface area contributed by atoms with Gasteiger partial charge in [0.25, 0.3) is 0 Å². The van der Waals surface area contributed by atoms with E-state index in [-0.39, 0.29) is 59.7 Å². The number of rotatable bonds is 1. The fraction of sp³-hybridized carbons (Fsp3) is 0.955. The molecule has 0 radical (unpaired) electrons. The number of ketones is 1. The van der Waals surface area contributed by atoms with E-state index in [2.05, 4.69) is 13.8 Å². The van der Waals surface area contributed by atoms with Crippen molar-refractivity contribution in [2.24, 2.45) is 46.3 Å². The summed E-state index contributed by atoms with van der Waals surface area (Å²) in [6, 6.07) is 0. The van der Waals surface area contributed by atoms with Gasteiger partial charge in [-0.25, -0.2) is 0 Å². The van der Waals surface area contributed by atoms with Crippen molar-refractivity contribution in [3.8, 4) is 0 Å². The molecular weight excluding hydrogens is 369 g/mol. The van der Waals surface area contributed by atoms with Gasteiger partial charge in [-0.05, 0) is 73.5 Å². The van der Waals surface area contributed by atoms with Gasteiger partial charge in [-0.1, -0.05) is 20.8 Å². The minimum Gasteiger partial charge on any atom is -0.396 e. The Morgan fingerprint density at radius 1 is 1.14 bits per heavy atom. The van der Waals surface area contributed by atoms with Crippen LogP contribution in [0.25, 0.3) is 0 Å². The second-order valence-corrected chi connectivity index (χ2v) is 10.8. The Hall–Kier alpha value is -0.620. The van der Waals surface area contributed by atoms with Gasteiger partial charge in [0.2, 0.25) is 0 Å². The van der Waals surface area contributed by atoms with Crippen LogP contribution in [0.1, 0.15) is 65.7 Å². The largest absolute Gasteiger partial charge is 0.417 e. The summed E-state index contributed by atoms with van der Waals surface area (Å²) in [6.07, 6.45) is -1.35. The number of hydrogen-bond donors (Lipinski definition) is 2. The van der Waals surface area contributed by atoms with E-state index >= 15 is 0 Å². The second kappa shape index (κ2) is 6.19. The number of Topliss-reactive ketones (excluding diaryl/α,β-unsaturated/α-hetero) is 1. The van der Waals surface area contributed by atoms with Gasteiger partial charge in [-0.3, -0.25) is 4.79 Å². The van der Waals surface area contributed by atoms with Crippen LogP contribution in [0, 0.1) is 46.3 Å². The minimum absolute atomic E-state index is 0.112. The summed E-state index contributed by atoms with van der Waals surface area (Å²) in [5.74, 6) is 0.577. The lowest BCUT2D eigenvalue weighted by Crippen LogP contribution is -2.62. The van der Waals surface area contributed by atoms with E-state index in [0.29, 0.717) is 32.1 Å². The molecule has 4 aliphatic carbocycles. The highest BCUT2D eigenvalue weighted by atomic mass is 19.4. The fourth-order valence-corrected chi connectivity index (χ4v) is 8.27. The predicted octanol–water partition coefficient (Wildman–Crippen LogP) is 4.36. The molecule has 6 heteroatoms. The Bertz CT molecular complexity index is 664. The fourth-order valence-electron chi connectivity index (χ4n) is 8.27. The van der Waals surface area contributed by atoms with E-state index in [1.165, 1.54) is 0 Å². The van der Waals surface area contributed by atoms with Gasteiger partial charge in [0, 0.05) is 17.8 Å². The molecule has 160 valence electrons. The highest BCUT2D eigenvalue weighted by Crippen LogP contribution is 2.71. The SMILES string of the molecule is C[C@@H]1C[C@@H]2CC(=O)C(CO)C[C@]2(C)C2CC[C@@]3(C)C(CC[C@@]3(O)C(F)(F)F)C21. The molecule has 0 amide bonds. The first kappa shape index (κ1) is 20.6. The molecule has 0 aromatic heterocycles. The van der Waals surface area contributed by atoms with Gasteiger partial charge in [-0.2, -0.15) is 13.2 Å². The Morgan fingerprint density at radius 2 is 1.79 bits per heavy atom. The number of carbonyl (C=O) groups is 1. The summed E-state index contributed by atoms with van der Waals surface area (Å²) in [7, 11) is 0. The Labute approximate surface area is 165 Å². The van der Waals surface area contributed by atoms with Gasteiger partial charge >= 0.3 is 6.18 Å². The number of aliphatic hydroxyl groups is 2. The summed E-state index contributed by atoms with van der Waals surface area (Å²) >= 11 is 0. The number of carbonyl (C=O) groups excluding carboxylic acids is 1. The maximum absolute atomic E-state index is 13.9. The van der Waals surface area contributed by atoms with Gasteiger partial charge in [0.15, 0.2) is 5.60 Å². The monoisotopic (exact) mass is 402 g/mol. The first-order chi connectivity index (χ1) is 12.9. The average Bonchev–Trinajstić information content (AvgIpc) is 2.88. The van der Waals surface area contributed by atoms with Crippen molar-refractivity contribution < 1.29 is 28.2 Å². The summed E-state index contributed by atoms with van der Waals surface area (Å²) in [6.45, 7) is 5.87. The van der Waals surface area contributed by atoms with Crippen LogP contribution in [0.3, 0.4) is 0 Å². The third kappa shape index (κ3) is 2.46. The molecule has 0 spiro atoms. The lowest BCUT2D eigenvalue weighted by atomic mass is 9.41. The molecule has 0 aliphatic heterocycles. The molecule has 2 N–H and O–H groups in total. The third-order valence-corrected chi connectivity index (χ3v) is 9.86. The normalized spacial score (nSPS) is 54.1. The van der Waals surface area contributed by atoms with Crippen molar-refractivity contribution in [1.82, 2.24) is 0 Å². The molecule has 4 aliphatic rings. The molecule has 0 bridgehead atoms. The zero-order chi connectivity index (χ0) is 20.7. The van der Waals surface area contributed by atoms with Crippen LogP contribution in [0.15, 0.2) is 0 Å². The quantitative estimate of drug-likeness (QED) is 0.685. The van der Waals surface area contributed by atoms with Gasteiger partial charge < -0.3 is 10.2 Å². The molecule has 4 rings (SSSR count). The molecule has 4 fully saturated rings. The molecule has 4 saturated carbocycles. The second-order valence-electron chi connectivity index (χ2n) is 10.8. The summed E-state index contributed by atoms with van der Waals surface area (Å²) in [5, 5.41) is 20.5. The van der Waals surface area contributed by atoms with E-state index in [1.54, 1.807) is 6.92 Å². The number of halogens is 3.